The van der Waals surface area contributed by atoms with Crippen molar-refractivity contribution in [3.8, 4) is 27.9 Å². The first kappa shape index (κ1) is 35.7. The predicted octanol–water partition coefficient (Wildman–Crippen LogP) is 17.4. The number of aromatic nitrogens is 1. The fourth-order valence-corrected chi connectivity index (χ4v) is 11.2. The molecular weight excluding hydrogens is 781 g/mol. The number of para-hydroxylation sites is 2. The van der Waals surface area contributed by atoms with Crippen LogP contribution in [0.3, 0.4) is 0 Å². The predicted molar refractivity (Wildman–Crippen MR) is 272 cm³/mol. The highest BCUT2D eigenvalue weighted by atomic mass is 32.1. The third kappa shape index (κ3) is 5.85. The first-order valence-corrected chi connectivity index (χ1v) is 22.4. The lowest BCUT2D eigenvalue weighted by atomic mass is 9.97. The molecule has 0 aliphatic carbocycles. The average molecular weight is 819 g/mol. The van der Waals surface area contributed by atoms with Crippen molar-refractivity contribution in [3.63, 3.8) is 0 Å². The third-order valence-electron chi connectivity index (χ3n) is 12.9. The standard InChI is InChI=1S/C60H38N2S/c1-3-17-50-40(11-1)23-24-45-35-44(28-32-51(45)50)43-14-10-15-47(37-43)61(49-31-34-55-56-33-27-41-12-2-4-18-52(41)60(56)63-59(55)38-49)46-29-25-39(26-30-46)42-13-9-16-48(36-42)62-57-21-7-5-19-53(57)54-20-6-8-22-58(54)62/h1-38H. The number of hydrogen-bond acceptors (Lipinski definition) is 2. The Morgan fingerprint density at radius 3 is 1.63 bits per heavy atom. The summed E-state index contributed by atoms with van der Waals surface area (Å²) >= 11 is 1.89. The first-order valence-electron chi connectivity index (χ1n) is 21.6. The highest BCUT2D eigenvalue weighted by molar-refractivity contribution is 7.26. The van der Waals surface area contributed by atoms with Crippen molar-refractivity contribution in [1.29, 1.82) is 0 Å². The van der Waals surface area contributed by atoms with E-state index in [2.05, 4.69) is 240 Å². The second-order valence-electron chi connectivity index (χ2n) is 16.5. The van der Waals surface area contributed by atoms with Crippen molar-refractivity contribution >= 4 is 103 Å². The molecule has 0 unspecified atom stereocenters. The van der Waals surface area contributed by atoms with Crippen LogP contribution in [0.2, 0.25) is 0 Å². The van der Waals surface area contributed by atoms with Crippen molar-refractivity contribution in [2.24, 2.45) is 0 Å². The Morgan fingerprint density at radius 2 is 0.841 bits per heavy atom. The van der Waals surface area contributed by atoms with E-state index in [1.54, 1.807) is 0 Å². The fraction of sp³-hybridized carbons (Fsp3) is 0. The number of thiophene rings is 1. The van der Waals surface area contributed by atoms with Crippen molar-refractivity contribution < 1.29 is 0 Å². The molecule has 0 bridgehead atoms. The topological polar surface area (TPSA) is 8.17 Å². The molecule has 0 amide bonds. The maximum absolute atomic E-state index is 2.41. The minimum absolute atomic E-state index is 1.10. The summed E-state index contributed by atoms with van der Waals surface area (Å²) in [6.45, 7) is 0. The van der Waals surface area contributed by atoms with Gasteiger partial charge in [0.05, 0.1) is 11.0 Å². The lowest BCUT2D eigenvalue weighted by Gasteiger charge is -2.26. The highest BCUT2D eigenvalue weighted by Gasteiger charge is 2.18. The van der Waals surface area contributed by atoms with E-state index in [-0.39, 0.29) is 0 Å². The number of benzene rings is 11. The Morgan fingerprint density at radius 1 is 0.302 bits per heavy atom. The van der Waals surface area contributed by atoms with E-state index in [4.69, 9.17) is 0 Å². The van der Waals surface area contributed by atoms with Crippen LogP contribution < -0.4 is 4.90 Å². The number of nitrogens with zero attached hydrogens (tertiary/aromatic N) is 2. The van der Waals surface area contributed by atoms with Crippen LogP contribution in [0.1, 0.15) is 0 Å². The summed E-state index contributed by atoms with van der Waals surface area (Å²) in [5, 5.41) is 12.8. The molecule has 0 N–H and O–H groups in total. The van der Waals surface area contributed by atoms with Crippen LogP contribution in [0.25, 0.3) is 102 Å². The molecule has 3 heteroatoms. The first-order chi connectivity index (χ1) is 31.2. The minimum Gasteiger partial charge on any atom is -0.310 e. The van der Waals surface area contributed by atoms with E-state index in [0.717, 1.165) is 22.7 Å². The summed E-state index contributed by atoms with van der Waals surface area (Å²) in [5.41, 5.74) is 11.6. The van der Waals surface area contributed by atoms with Gasteiger partial charge in [-0.3, -0.25) is 0 Å². The summed E-state index contributed by atoms with van der Waals surface area (Å²) in [7, 11) is 0. The van der Waals surface area contributed by atoms with Crippen LogP contribution in [0, 0.1) is 0 Å². The molecule has 2 nitrogen and oxygen atoms in total. The summed E-state index contributed by atoms with van der Waals surface area (Å²) in [6.07, 6.45) is 0. The smallest absolute Gasteiger partial charge is 0.0541 e. The zero-order chi connectivity index (χ0) is 41.4. The quantitative estimate of drug-likeness (QED) is 0.152. The summed E-state index contributed by atoms with van der Waals surface area (Å²) < 4.78 is 5.01. The van der Waals surface area contributed by atoms with Gasteiger partial charge in [-0.1, -0.05) is 164 Å². The van der Waals surface area contributed by atoms with Gasteiger partial charge in [0, 0.05) is 53.7 Å². The Kier molecular flexibility index (Phi) is 8.12. The number of hydrogen-bond donors (Lipinski definition) is 0. The van der Waals surface area contributed by atoms with Gasteiger partial charge in [-0.2, -0.15) is 0 Å². The molecule has 2 heterocycles. The molecule has 0 fully saturated rings. The molecule has 2 aromatic heterocycles. The van der Waals surface area contributed by atoms with E-state index < -0.39 is 0 Å². The molecular formula is C60H38N2S. The number of rotatable bonds is 6. The molecule has 0 aliphatic heterocycles. The number of fused-ring (bicyclic) bond motifs is 11. The third-order valence-corrected chi connectivity index (χ3v) is 14.1. The van der Waals surface area contributed by atoms with E-state index in [1.165, 1.54) is 96.5 Å². The van der Waals surface area contributed by atoms with Crippen molar-refractivity contribution in [3.05, 3.63) is 231 Å². The SMILES string of the molecule is c1cc(-c2ccc3c(ccc4ccccc43)c2)cc(N(c2ccc(-c3cccc(-n4c5ccccc5c5ccccc54)c3)cc2)c2ccc3c(c2)sc2c4ccccc4ccc32)c1. The van der Waals surface area contributed by atoms with Crippen LogP contribution in [-0.2, 0) is 0 Å². The molecule has 0 aliphatic rings. The van der Waals surface area contributed by atoms with Crippen molar-refractivity contribution in [2.45, 2.75) is 0 Å². The van der Waals surface area contributed by atoms with Gasteiger partial charge in [0.2, 0.25) is 0 Å². The Bertz CT molecular complexity index is 3870. The summed E-state index contributed by atoms with van der Waals surface area (Å²) in [5.74, 6) is 0. The van der Waals surface area contributed by atoms with E-state index in [1.807, 2.05) is 11.3 Å². The normalized spacial score (nSPS) is 11.8. The van der Waals surface area contributed by atoms with Crippen molar-refractivity contribution in [1.82, 2.24) is 4.57 Å². The highest BCUT2D eigenvalue weighted by Crippen LogP contribution is 2.44. The van der Waals surface area contributed by atoms with Gasteiger partial charge in [0.1, 0.15) is 0 Å². The monoisotopic (exact) mass is 818 g/mol. The van der Waals surface area contributed by atoms with Gasteiger partial charge in [0.25, 0.3) is 0 Å². The van der Waals surface area contributed by atoms with Gasteiger partial charge in [-0.05, 0) is 121 Å². The Hall–Kier alpha value is -7.98. The molecule has 0 radical (unpaired) electrons. The molecule has 11 aromatic carbocycles. The molecule has 13 rings (SSSR count). The van der Waals surface area contributed by atoms with Gasteiger partial charge in [0.15, 0.2) is 0 Å². The fourth-order valence-electron chi connectivity index (χ4n) is 9.92. The molecule has 0 saturated heterocycles. The van der Waals surface area contributed by atoms with Crippen LogP contribution in [0.15, 0.2) is 231 Å². The second-order valence-corrected chi connectivity index (χ2v) is 17.6. The van der Waals surface area contributed by atoms with Gasteiger partial charge in [-0.25, -0.2) is 0 Å². The van der Waals surface area contributed by atoms with Gasteiger partial charge >= 0.3 is 0 Å². The van der Waals surface area contributed by atoms with E-state index in [9.17, 15) is 0 Å². The molecule has 0 spiro atoms. The Balaban J connectivity index is 0.931. The van der Waals surface area contributed by atoms with Crippen LogP contribution >= 0.6 is 11.3 Å². The maximum atomic E-state index is 2.41. The van der Waals surface area contributed by atoms with Gasteiger partial charge < -0.3 is 9.47 Å². The van der Waals surface area contributed by atoms with Crippen LogP contribution in [0.5, 0.6) is 0 Å². The second kappa shape index (κ2) is 14.3. The minimum atomic E-state index is 1.10. The van der Waals surface area contributed by atoms with Crippen LogP contribution in [-0.4, -0.2) is 4.57 Å². The molecule has 63 heavy (non-hydrogen) atoms. The lowest BCUT2D eigenvalue weighted by molar-refractivity contribution is 1.18. The Labute approximate surface area is 368 Å². The zero-order valence-electron chi connectivity index (χ0n) is 34.2. The molecule has 294 valence electrons. The number of anilines is 3. The van der Waals surface area contributed by atoms with Crippen molar-refractivity contribution in [2.75, 3.05) is 4.90 Å². The average Bonchev–Trinajstić information content (AvgIpc) is 3.90. The van der Waals surface area contributed by atoms with E-state index in [0.29, 0.717) is 0 Å². The largest absolute Gasteiger partial charge is 0.310 e. The molecule has 13 aromatic rings. The maximum Gasteiger partial charge on any atom is 0.0541 e. The van der Waals surface area contributed by atoms with Crippen LogP contribution in [0.4, 0.5) is 17.1 Å². The van der Waals surface area contributed by atoms with Gasteiger partial charge in [-0.15, -0.1) is 11.3 Å². The lowest BCUT2D eigenvalue weighted by Crippen LogP contribution is -2.10. The molecule has 0 atom stereocenters. The summed E-state index contributed by atoms with van der Waals surface area (Å²) in [6, 6.07) is 84.8. The zero-order valence-corrected chi connectivity index (χ0v) is 35.1. The molecule has 0 saturated carbocycles. The summed E-state index contributed by atoms with van der Waals surface area (Å²) in [4.78, 5) is 2.41. The van der Waals surface area contributed by atoms with E-state index >= 15 is 0 Å².